The molecule has 0 aliphatic rings. The van der Waals surface area contributed by atoms with Gasteiger partial charge in [-0.05, 0) is 12.0 Å². The zero-order chi connectivity index (χ0) is 14.5. The summed E-state index contributed by atoms with van der Waals surface area (Å²) in [5.74, 6) is 0. The van der Waals surface area contributed by atoms with E-state index in [9.17, 15) is 5.11 Å². The predicted octanol–water partition coefficient (Wildman–Crippen LogP) is 4.88. The lowest BCUT2D eigenvalue weighted by molar-refractivity contribution is 0.0344. The topological polar surface area (TPSA) is 29.5 Å². The molecule has 0 fully saturated rings. The van der Waals surface area contributed by atoms with Crippen LogP contribution < -0.4 is 0 Å². The third kappa shape index (κ3) is 8.34. The van der Waals surface area contributed by atoms with Crippen molar-refractivity contribution >= 4 is 0 Å². The summed E-state index contributed by atoms with van der Waals surface area (Å²) in [6.07, 6.45) is 9.98. The minimum Gasteiger partial charge on any atom is -0.386 e. The van der Waals surface area contributed by atoms with Crippen molar-refractivity contribution in [3.8, 4) is 0 Å². The van der Waals surface area contributed by atoms with Crippen molar-refractivity contribution < 1.29 is 9.84 Å². The van der Waals surface area contributed by atoms with Gasteiger partial charge in [-0.15, -0.1) is 0 Å². The van der Waals surface area contributed by atoms with Crippen LogP contribution in [0.4, 0.5) is 0 Å². The molecule has 1 rings (SSSR count). The van der Waals surface area contributed by atoms with Gasteiger partial charge >= 0.3 is 0 Å². The average Bonchev–Trinajstić information content (AvgIpc) is 2.50. The molecule has 1 aromatic rings. The van der Waals surface area contributed by atoms with Crippen LogP contribution in [0.3, 0.4) is 0 Å². The Morgan fingerprint density at radius 3 is 2.15 bits per heavy atom. The molecule has 1 atom stereocenters. The summed E-state index contributed by atoms with van der Waals surface area (Å²) in [6.45, 7) is 3.42. The zero-order valence-corrected chi connectivity index (χ0v) is 12.9. The maximum Gasteiger partial charge on any atom is 0.102 e. The second kappa shape index (κ2) is 11.9. The molecule has 0 aliphatic heterocycles. The van der Waals surface area contributed by atoms with Crippen molar-refractivity contribution in [3.05, 3.63) is 35.9 Å². The number of rotatable bonds is 12. The molecule has 0 aromatic heterocycles. The fourth-order valence-electron chi connectivity index (χ4n) is 2.30. The van der Waals surface area contributed by atoms with Crippen molar-refractivity contribution in [2.24, 2.45) is 0 Å². The molecule has 1 unspecified atom stereocenters. The first-order valence-electron chi connectivity index (χ1n) is 8.15. The van der Waals surface area contributed by atoms with E-state index in [0.29, 0.717) is 6.61 Å². The molecule has 20 heavy (non-hydrogen) atoms. The monoisotopic (exact) mass is 278 g/mol. The summed E-state index contributed by atoms with van der Waals surface area (Å²) < 4.78 is 5.54. The van der Waals surface area contributed by atoms with Crippen LogP contribution in [0, 0.1) is 0 Å². The van der Waals surface area contributed by atoms with Gasteiger partial charge in [0, 0.05) is 6.61 Å². The van der Waals surface area contributed by atoms with E-state index in [0.717, 1.165) is 18.6 Å². The summed E-state index contributed by atoms with van der Waals surface area (Å²) in [5, 5.41) is 9.92. The Morgan fingerprint density at radius 2 is 1.50 bits per heavy atom. The lowest BCUT2D eigenvalue weighted by Crippen LogP contribution is -2.07. The van der Waals surface area contributed by atoms with Gasteiger partial charge < -0.3 is 9.84 Å². The van der Waals surface area contributed by atoms with E-state index >= 15 is 0 Å². The summed E-state index contributed by atoms with van der Waals surface area (Å²) in [4.78, 5) is 0. The van der Waals surface area contributed by atoms with Crippen molar-refractivity contribution in [1.29, 1.82) is 0 Å². The number of hydrogen-bond acceptors (Lipinski definition) is 2. The predicted molar refractivity (Wildman–Crippen MR) is 84.8 cm³/mol. The number of aliphatic hydroxyl groups excluding tert-OH is 1. The third-order valence-corrected chi connectivity index (χ3v) is 3.60. The quantitative estimate of drug-likeness (QED) is 0.552. The van der Waals surface area contributed by atoms with E-state index < -0.39 is 6.10 Å². The summed E-state index contributed by atoms with van der Waals surface area (Å²) >= 11 is 0. The third-order valence-electron chi connectivity index (χ3n) is 3.60. The molecule has 2 nitrogen and oxygen atoms in total. The normalized spacial score (nSPS) is 12.5. The molecule has 0 spiro atoms. The van der Waals surface area contributed by atoms with Gasteiger partial charge in [0.25, 0.3) is 0 Å². The molecule has 0 heterocycles. The SMILES string of the molecule is CCCCCCCCCCOCC(O)c1ccccc1. The van der Waals surface area contributed by atoms with Crippen molar-refractivity contribution in [2.75, 3.05) is 13.2 Å². The number of ether oxygens (including phenoxy) is 1. The molecule has 0 amide bonds. The summed E-state index contributed by atoms with van der Waals surface area (Å²) in [5.41, 5.74) is 0.934. The molecule has 0 aliphatic carbocycles. The molecule has 0 saturated heterocycles. The average molecular weight is 278 g/mol. The Balaban J connectivity index is 1.90. The number of unbranched alkanes of at least 4 members (excludes halogenated alkanes) is 7. The van der Waals surface area contributed by atoms with Crippen molar-refractivity contribution in [1.82, 2.24) is 0 Å². The van der Waals surface area contributed by atoms with Crippen LogP contribution in [0.5, 0.6) is 0 Å². The largest absolute Gasteiger partial charge is 0.386 e. The van der Waals surface area contributed by atoms with Gasteiger partial charge in [-0.25, -0.2) is 0 Å². The molecule has 2 heteroatoms. The van der Waals surface area contributed by atoms with Crippen molar-refractivity contribution in [3.63, 3.8) is 0 Å². The van der Waals surface area contributed by atoms with Crippen molar-refractivity contribution in [2.45, 2.75) is 64.4 Å². The molecule has 0 radical (unpaired) electrons. The first-order chi connectivity index (χ1) is 9.84. The van der Waals surface area contributed by atoms with Crippen LogP contribution in [-0.2, 0) is 4.74 Å². The van der Waals surface area contributed by atoms with Crippen LogP contribution in [0.2, 0.25) is 0 Å². The standard InChI is InChI=1S/C18H30O2/c1-2-3-4-5-6-7-8-12-15-20-16-18(19)17-13-10-9-11-14-17/h9-11,13-14,18-19H,2-8,12,15-16H2,1H3. The summed E-state index contributed by atoms with van der Waals surface area (Å²) in [7, 11) is 0. The van der Waals surface area contributed by atoms with Crippen LogP contribution in [-0.4, -0.2) is 18.3 Å². The molecule has 0 saturated carbocycles. The highest BCUT2D eigenvalue weighted by molar-refractivity contribution is 5.17. The Morgan fingerprint density at radius 1 is 0.900 bits per heavy atom. The van der Waals surface area contributed by atoms with Gasteiger partial charge in [0.1, 0.15) is 6.10 Å². The summed E-state index contributed by atoms with van der Waals surface area (Å²) in [6, 6.07) is 9.71. The molecule has 1 aromatic carbocycles. The van der Waals surface area contributed by atoms with E-state index in [1.807, 2.05) is 30.3 Å². The molecule has 0 bridgehead atoms. The lowest BCUT2D eigenvalue weighted by atomic mass is 10.1. The van der Waals surface area contributed by atoms with E-state index in [2.05, 4.69) is 6.92 Å². The Kier molecular flexibility index (Phi) is 10.3. The maximum absolute atomic E-state index is 9.92. The second-order valence-corrected chi connectivity index (χ2v) is 5.48. The zero-order valence-electron chi connectivity index (χ0n) is 12.9. The molecule has 1 N–H and O–H groups in total. The van der Waals surface area contributed by atoms with Crippen LogP contribution in [0.25, 0.3) is 0 Å². The Hall–Kier alpha value is -0.860. The molecular formula is C18H30O2. The highest BCUT2D eigenvalue weighted by atomic mass is 16.5. The fourth-order valence-corrected chi connectivity index (χ4v) is 2.30. The molecule has 114 valence electrons. The smallest absolute Gasteiger partial charge is 0.102 e. The van der Waals surface area contributed by atoms with E-state index in [4.69, 9.17) is 4.74 Å². The van der Waals surface area contributed by atoms with Crippen LogP contribution >= 0.6 is 0 Å². The Labute approximate surface area is 124 Å². The van der Waals surface area contributed by atoms with Gasteiger partial charge in [0.05, 0.1) is 6.61 Å². The fraction of sp³-hybridized carbons (Fsp3) is 0.667. The first-order valence-corrected chi connectivity index (χ1v) is 8.15. The van der Waals surface area contributed by atoms with Gasteiger partial charge in [-0.3, -0.25) is 0 Å². The molecular weight excluding hydrogens is 248 g/mol. The number of benzene rings is 1. The maximum atomic E-state index is 9.92. The van der Waals surface area contributed by atoms with E-state index in [1.54, 1.807) is 0 Å². The second-order valence-electron chi connectivity index (χ2n) is 5.48. The van der Waals surface area contributed by atoms with Gasteiger partial charge in [0.15, 0.2) is 0 Å². The van der Waals surface area contributed by atoms with Gasteiger partial charge in [-0.1, -0.05) is 82.2 Å². The van der Waals surface area contributed by atoms with Crippen LogP contribution in [0.1, 0.15) is 70.0 Å². The van der Waals surface area contributed by atoms with E-state index in [1.165, 1.54) is 44.9 Å². The Bertz CT molecular complexity index is 310. The van der Waals surface area contributed by atoms with Gasteiger partial charge in [-0.2, -0.15) is 0 Å². The van der Waals surface area contributed by atoms with Gasteiger partial charge in [0.2, 0.25) is 0 Å². The first kappa shape index (κ1) is 17.2. The minimum atomic E-state index is -0.495. The number of aliphatic hydroxyl groups is 1. The lowest BCUT2D eigenvalue weighted by Gasteiger charge is -2.11. The highest BCUT2D eigenvalue weighted by Crippen LogP contribution is 2.13. The van der Waals surface area contributed by atoms with E-state index in [-0.39, 0.29) is 0 Å². The minimum absolute atomic E-state index is 0.403. The highest BCUT2D eigenvalue weighted by Gasteiger charge is 2.06. The number of hydrogen-bond donors (Lipinski definition) is 1. The van der Waals surface area contributed by atoms with Crippen LogP contribution in [0.15, 0.2) is 30.3 Å².